The van der Waals surface area contributed by atoms with E-state index in [2.05, 4.69) is 0 Å². The van der Waals surface area contributed by atoms with Crippen molar-refractivity contribution in [3.63, 3.8) is 0 Å². The summed E-state index contributed by atoms with van der Waals surface area (Å²) in [5.74, 6) is -0.0139. The van der Waals surface area contributed by atoms with Gasteiger partial charge < -0.3 is 0 Å². The molecule has 0 aromatic carbocycles. The lowest BCUT2D eigenvalue weighted by Gasteiger charge is -2.32. The van der Waals surface area contributed by atoms with E-state index >= 15 is 0 Å². The van der Waals surface area contributed by atoms with Gasteiger partial charge in [0, 0.05) is 0 Å². The Morgan fingerprint density at radius 2 is 1.85 bits per heavy atom. The predicted octanol–water partition coefficient (Wildman–Crippen LogP) is 3.27. The quantitative estimate of drug-likeness (QED) is 0.618. The third-order valence-electron chi connectivity index (χ3n) is 2.57. The van der Waals surface area contributed by atoms with Gasteiger partial charge in [0.2, 0.25) is 0 Å². The molecule has 0 saturated carbocycles. The lowest BCUT2D eigenvalue weighted by atomic mass is 9.76. The summed E-state index contributed by atoms with van der Waals surface area (Å²) in [5.41, 5.74) is 1.13. The van der Waals surface area contributed by atoms with Gasteiger partial charge in [0.1, 0.15) is 4.84 Å². The van der Waals surface area contributed by atoms with Crippen LogP contribution in [0, 0.1) is 5.41 Å². The van der Waals surface area contributed by atoms with Gasteiger partial charge in [-0.15, -0.1) is 23.2 Å². The van der Waals surface area contributed by atoms with Crippen LogP contribution >= 0.6 is 23.2 Å². The van der Waals surface area contributed by atoms with Crippen LogP contribution in [0.25, 0.3) is 0 Å². The average Bonchev–Trinajstić information content (AvgIpc) is 1.99. The van der Waals surface area contributed by atoms with Crippen LogP contribution < -0.4 is 0 Å². The molecule has 72 valence electrons. The van der Waals surface area contributed by atoms with E-state index in [0.717, 1.165) is 11.1 Å². The molecule has 1 aliphatic rings. The van der Waals surface area contributed by atoms with Gasteiger partial charge in [-0.25, -0.2) is 0 Å². The molecular weight excluding hydrogens is 207 g/mol. The Kier molecular flexibility index (Phi) is 2.88. The van der Waals surface area contributed by atoms with Gasteiger partial charge >= 0.3 is 0 Å². The number of carbonyl (C=O) groups excluding carboxylic acids is 1. The van der Waals surface area contributed by atoms with Crippen molar-refractivity contribution in [2.45, 2.75) is 25.6 Å². The molecule has 1 unspecified atom stereocenters. The summed E-state index contributed by atoms with van der Waals surface area (Å²) in [4.78, 5) is 11.0. The topological polar surface area (TPSA) is 17.1 Å². The van der Waals surface area contributed by atoms with E-state index in [4.69, 9.17) is 23.2 Å². The van der Waals surface area contributed by atoms with Crippen LogP contribution in [0.5, 0.6) is 0 Å². The van der Waals surface area contributed by atoms with E-state index in [-0.39, 0.29) is 5.78 Å². The van der Waals surface area contributed by atoms with Crippen molar-refractivity contribution in [2.75, 3.05) is 0 Å². The van der Waals surface area contributed by atoms with Crippen molar-refractivity contribution in [3.05, 3.63) is 23.3 Å². The maximum absolute atomic E-state index is 11.7. The molecule has 1 nitrogen and oxygen atoms in total. The highest BCUT2D eigenvalue weighted by atomic mass is 35.5. The van der Waals surface area contributed by atoms with Crippen molar-refractivity contribution >= 4 is 29.0 Å². The molecule has 0 bridgehead atoms. The van der Waals surface area contributed by atoms with Gasteiger partial charge in [0.25, 0.3) is 0 Å². The number of hydrogen-bond acceptors (Lipinski definition) is 1. The second-order valence-electron chi connectivity index (χ2n) is 3.58. The highest BCUT2D eigenvalue weighted by Gasteiger charge is 2.41. The molecule has 0 heterocycles. The first-order valence-corrected chi connectivity index (χ1v) is 4.96. The Hall–Kier alpha value is -0.270. The number of alkyl halides is 2. The molecule has 0 fully saturated rings. The fourth-order valence-electron chi connectivity index (χ4n) is 1.36. The summed E-state index contributed by atoms with van der Waals surface area (Å²) in [5, 5.41) is 0. The minimum Gasteiger partial charge on any atom is -0.294 e. The van der Waals surface area contributed by atoms with Crippen LogP contribution in [0.1, 0.15) is 20.8 Å². The van der Waals surface area contributed by atoms with Crippen LogP contribution in [0.3, 0.4) is 0 Å². The summed E-state index contributed by atoms with van der Waals surface area (Å²) in [7, 11) is 0. The number of ketones is 1. The molecule has 0 amide bonds. The van der Waals surface area contributed by atoms with Crippen molar-refractivity contribution in [2.24, 2.45) is 5.41 Å². The lowest BCUT2D eigenvalue weighted by molar-refractivity contribution is -0.120. The number of allylic oxidation sites excluding steroid dienone is 4. The highest BCUT2D eigenvalue weighted by Crippen LogP contribution is 2.40. The molecular formula is C10H12Cl2O. The SMILES string of the molecule is CC1=CC(=O)C(C)(C(Cl)Cl)C(C)=C1. The first kappa shape index (κ1) is 10.8. The molecule has 0 saturated heterocycles. The molecule has 0 spiro atoms. The van der Waals surface area contributed by atoms with E-state index in [1.54, 1.807) is 13.0 Å². The fourth-order valence-corrected chi connectivity index (χ4v) is 1.92. The number of carbonyl (C=O) groups is 1. The average molecular weight is 219 g/mol. The van der Waals surface area contributed by atoms with Gasteiger partial charge in [-0.05, 0) is 32.4 Å². The summed E-state index contributed by atoms with van der Waals surface area (Å²) in [6.45, 7) is 5.54. The van der Waals surface area contributed by atoms with Crippen LogP contribution in [0.15, 0.2) is 23.3 Å². The third kappa shape index (κ3) is 1.68. The zero-order valence-corrected chi connectivity index (χ0v) is 9.41. The smallest absolute Gasteiger partial charge is 0.168 e. The fraction of sp³-hybridized carbons (Fsp3) is 0.500. The minimum absolute atomic E-state index is 0.0139. The zero-order chi connectivity index (χ0) is 10.2. The first-order valence-electron chi connectivity index (χ1n) is 4.08. The Labute approximate surface area is 88.4 Å². The Balaban J connectivity index is 3.17. The zero-order valence-electron chi connectivity index (χ0n) is 7.90. The van der Waals surface area contributed by atoms with E-state index in [0.29, 0.717) is 0 Å². The van der Waals surface area contributed by atoms with Crippen molar-refractivity contribution in [1.29, 1.82) is 0 Å². The Bertz CT molecular complexity index is 302. The van der Waals surface area contributed by atoms with Gasteiger partial charge in [0.15, 0.2) is 5.78 Å². The molecule has 0 radical (unpaired) electrons. The van der Waals surface area contributed by atoms with Gasteiger partial charge in [-0.3, -0.25) is 4.79 Å². The van der Waals surface area contributed by atoms with E-state index < -0.39 is 10.3 Å². The summed E-state index contributed by atoms with van der Waals surface area (Å²) < 4.78 is 0. The Morgan fingerprint density at radius 1 is 1.31 bits per heavy atom. The molecule has 3 heteroatoms. The molecule has 0 N–H and O–H groups in total. The summed E-state index contributed by atoms with van der Waals surface area (Å²) in [6, 6.07) is 0. The van der Waals surface area contributed by atoms with Gasteiger partial charge in [0.05, 0.1) is 5.41 Å². The van der Waals surface area contributed by atoms with Crippen LogP contribution in [-0.2, 0) is 4.79 Å². The standard InChI is InChI=1S/C10H12Cl2O/c1-6-4-7(2)10(3,9(11)12)8(13)5-6/h4-5,9H,1-3H3. The number of hydrogen-bond donors (Lipinski definition) is 0. The largest absolute Gasteiger partial charge is 0.294 e. The molecule has 1 atom stereocenters. The number of halogens is 2. The van der Waals surface area contributed by atoms with E-state index in [9.17, 15) is 4.79 Å². The minimum atomic E-state index is -0.747. The molecule has 0 aromatic heterocycles. The summed E-state index contributed by atoms with van der Waals surface area (Å²) >= 11 is 11.6. The second kappa shape index (κ2) is 3.47. The molecule has 13 heavy (non-hydrogen) atoms. The second-order valence-corrected chi connectivity index (χ2v) is 4.68. The van der Waals surface area contributed by atoms with E-state index in [1.165, 1.54) is 0 Å². The van der Waals surface area contributed by atoms with Crippen molar-refractivity contribution in [3.8, 4) is 0 Å². The van der Waals surface area contributed by atoms with Crippen LogP contribution in [-0.4, -0.2) is 10.6 Å². The third-order valence-corrected chi connectivity index (χ3v) is 3.44. The maximum atomic E-state index is 11.7. The van der Waals surface area contributed by atoms with E-state index in [1.807, 2.05) is 19.9 Å². The lowest BCUT2D eigenvalue weighted by Crippen LogP contribution is -2.36. The summed E-state index contributed by atoms with van der Waals surface area (Å²) in [6.07, 6.45) is 3.53. The maximum Gasteiger partial charge on any atom is 0.168 e. The van der Waals surface area contributed by atoms with Crippen molar-refractivity contribution in [1.82, 2.24) is 0 Å². The van der Waals surface area contributed by atoms with Crippen LogP contribution in [0.2, 0.25) is 0 Å². The normalized spacial score (nSPS) is 28.9. The highest BCUT2D eigenvalue weighted by molar-refractivity contribution is 6.46. The molecule has 1 rings (SSSR count). The molecule has 0 aliphatic heterocycles. The van der Waals surface area contributed by atoms with Gasteiger partial charge in [-0.2, -0.15) is 0 Å². The predicted molar refractivity (Wildman–Crippen MR) is 56.1 cm³/mol. The Morgan fingerprint density at radius 3 is 2.23 bits per heavy atom. The monoisotopic (exact) mass is 218 g/mol. The number of rotatable bonds is 1. The molecule has 0 aromatic rings. The van der Waals surface area contributed by atoms with Crippen LogP contribution in [0.4, 0.5) is 0 Å². The van der Waals surface area contributed by atoms with Gasteiger partial charge in [-0.1, -0.05) is 11.6 Å². The molecule has 1 aliphatic carbocycles. The van der Waals surface area contributed by atoms with Crippen molar-refractivity contribution < 1.29 is 4.79 Å². The first-order chi connectivity index (χ1) is 5.89.